The van der Waals surface area contributed by atoms with Gasteiger partial charge in [-0.3, -0.25) is 4.79 Å². The molecule has 0 aliphatic carbocycles. The summed E-state index contributed by atoms with van der Waals surface area (Å²) in [7, 11) is 0. The smallest absolute Gasteiger partial charge is 0.220 e. The predicted octanol–water partition coefficient (Wildman–Crippen LogP) is 10.9. The number of amides is 1. The number of rotatable bonds is 58. The molecule has 0 aromatic rings. The highest BCUT2D eigenvalue weighted by Crippen LogP contribution is 2.33. The molecule has 3 aliphatic rings. The number of hydrogen-bond donors (Lipinski definition) is 12. The molecule has 3 fully saturated rings. The number of carbonyl (C=O) groups is 1. The second kappa shape index (κ2) is 55.6. The lowest BCUT2D eigenvalue weighted by molar-refractivity contribution is -0.379. The quantitative estimate of drug-likeness (QED) is 0.0199. The summed E-state index contributed by atoms with van der Waals surface area (Å²) in [6.45, 7) is 1.75. The number of hydrogen-bond acceptors (Lipinski definition) is 18. The molecule has 17 atom stereocenters. The lowest BCUT2D eigenvalue weighted by Crippen LogP contribution is -2.66. The fourth-order valence-corrected chi connectivity index (χ4v) is 12.6. The molecule has 0 saturated carbocycles. The molecular weight excluding hydrogens is 1190 g/mol. The summed E-state index contributed by atoms with van der Waals surface area (Å²) >= 11 is 0. The molecule has 544 valence electrons. The third-order valence-electron chi connectivity index (χ3n) is 18.6. The molecule has 93 heavy (non-hydrogen) atoms. The molecule has 3 saturated heterocycles. The van der Waals surface area contributed by atoms with Crippen LogP contribution in [0.1, 0.15) is 284 Å². The van der Waals surface area contributed by atoms with E-state index in [0.717, 1.165) is 70.6 Å². The molecule has 19 nitrogen and oxygen atoms in total. The zero-order valence-corrected chi connectivity index (χ0v) is 57.7. The Morgan fingerprint density at radius 1 is 0.387 bits per heavy atom. The molecule has 0 aromatic heterocycles. The third kappa shape index (κ3) is 37.0. The lowest BCUT2D eigenvalue weighted by Gasteiger charge is -2.48. The van der Waals surface area contributed by atoms with E-state index >= 15 is 0 Å². The zero-order chi connectivity index (χ0) is 67.5. The first-order chi connectivity index (χ1) is 45.3. The molecule has 1 amide bonds. The van der Waals surface area contributed by atoms with Crippen LogP contribution in [-0.2, 0) is 33.2 Å². The average molecular weight is 1330 g/mol. The first kappa shape index (κ1) is 85.0. The molecule has 17 unspecified atom stereocenters. The van der Waals surface area contributed by atoms with Gasteiger partial charge in [0.2, 0.25) is 5.91 Å². The maximum Gasteiger partial charge on any atom is 0.220 e. The van der Waals surface area contributed by atoms with Gasteiger partial charge in [0, 0.05) is 6.42 Å². The van der Waals surface area contributed by atoms with Crippen molar-refractivity contribution >= 4 is 5.91 Å². The van der Waals surface area contributed by atoms with E-state index in [1.807, 2.05) is 6.08 Å². The maximum absolute atomic E-state index is 13.4. The van der Waals surface area contributed by atoms with Crippen LogP contribution in [-0.4, -0.2) is 193 Å². The van der Waals surface area contributed by atoms with Gasteiger partial charge in [0.1, 0.15) is 73.2 Å². The number of allylic oxidation sites excluding steroid dienone is 7. The molecule has 0 radical (unpaired) electrons. The van der Waals surface area contributed by atoms with E-state index in [-0.39, 0.29) is 18.9 Å². The lowest BCUT2D eigenvalue weighted by atomic mass is 9.96. The molecule has 0 aromatic carbocycles. The fourth-order valence-electron chi connectivity index (χ4n) is 12.6. The summed E-state index contributed by atoms with van der Waals surface area (Å²) in [6, 6.07) is -0.978. The van der Waals surface area contributed by atoms with Crippen molar-refractivity contribution in [3.8, 4) is 0 Å². The molecule has 19 heteroatoms. The van der Waals surface area contributed by atoms with Crippen LogP contribution in [0.4, 0.5) is 0 Å². The van der Waals surface area contributed by atoms with Gasteiger partial charge in [-0.25, -0.2) is 0 Å². The SMILES string of the molecule is CCCCCCC/C=C\C/C=C\C/C=C\CCCCCCCCCCCCC(=O)NC(COC1OC(CO)C(OC2OC(CO)C(OC3OC(CO)C(O)C(O)C3O)C(O)C2O)C(O)C1O)C(O)/C=C/CCCCCCCCCCCCCCCCCCCCCCC. The van der Waals surface area contributed by atoms with Crippen LogP contribution >= 0.6 is 0 Å². The van der Waals surface area contributed by atoms with Gasteiger partial charge in [-0.1, -0.05) is 268 Å². The Labute approximate surface area is 561 Å². The van der Waals surface area contributed by atoms with Crippen LogP contribution in [0.25, 0.3) is 0 Å². The van der Waals surface area contributed by atoms with Crippen LogP contribution < -0.4 is 5.32 Å². The predicted molar refractivity (Wildman–Crippen MR) is 365 cm³/mol. The Morgan fingerprint density at radius 3 is 1.11 bits per heavy atom. The van der Waals surface area contributed by atoms with Crippen LogP contribution in [0.5, 0.6) is 0 Å². The Balaban J connectivity index is 1.42. The molecule has 0 spiro atoms. The number of ether oxygens (including phenoxy) is 6. The van der Waals surface area contributed by atoms with Crippen molar-refractivity contribution in [2.45, 2.75) is 388 Å². The van der Waals surface area contributed by atoms with Crippen molar-refractivity contribution in [2.75, 3.05) is 26.4 Å². The van der Waals surface area contributed by atoms with Gasteiger partial charge in [-0.2, -0.15) is 0 Å². The molecular formula is C74H135NO18. The van der Waals surface area contributed by atoms with E-state index in [4.69, 9.17) is 28.4 Å². The van der Waals surface area contributed by atoms with Gasteiger partial charge in [-0.05, 0) is 57.8 Å². The Bertz CT molecular complexity index is 1870. The minimum Gasteiger partial charge on any atom is -0.394 e. The van der Waals surface area contributed by atoms with Crippen LogP contribution in [0.2, 0.25) is 0 Å². The second-order valence-corrected chi connectivity index (χ2v) is 26.8. The maximum atomic E-state index is 13.4. The monoisotopic (exact) mass is 1330 g/mol. The summed E-state index contributed by atoms with van der Waals surface area (Å²) < 4.78 is 34.4. The van der Waals surface area contributed by atoms with Gasteiger partial charge in [0.05, 0.1) is 38.6 Å². The van der Waals surface area contributed by atoms with Crippen molar-refractivity contribution in [3.05, 3.63) is 48.6 Å². The largest absolute Gasteiger partial charge is 0.394 e. The summed E-state index contributed by atoms with van der Waals surface area (Å²) in [5.41, 5.74) is 0. The van der Waals surface area contributed by atoms with E-state index in [9.17, 15) is 61.0 Å². The summed E-state index contributed by atoms with van der Waals surface area (Å²) in [5.74, 6) is -0.278. The summed E-state index contributed by atoms with van der Waals surface area (Å²) in [4.78, 5) is 13.4. The topological polar surface area (TPSA) is 307 Å². The highest BCUT2D eigenvalue weighted by Gasteiger charge is 2.53. The Morgan fingerprint density at radius 2 is 0.710 bits per heavy atom. The Hall–Kier alpha value is -2.25. The zero-order valence-electron chi connectivity index (χ0n) is 57.7. The molecule has 3 aliphatic heterocycles. The van der Waals surface area contributed by atoms with E-state index in [2.05, 4.69) is 55.6 Å². The number of aliphatic hydroxyl groups excluding tert-OH is 11. The van der Waals surface area contributed by atoms with Crippen LogP contribution in [0.3, 0.4) is 0 Å². The van der Waals surface area contributed by atoms with Crippen molar-refractivity contribution in [2.24, 2.45) is 0 Å². The fraction of sp³-hybridized carbons (Fsp3) is 0.878. The number of unbranched alkanes of at least 4 members (excludes halogenated alkanes) is 36. The average Bonchev–Trinajstić information content (AvgIpc) is 0.819. The van der Waals surface area contributed by atoms with E-state index < -0.39 is 124 Å². The minimum absolute atomic E-state index is 0.238. The Kier molecular flexibility index (Phi) is 50.8. The minimum atomic E-state index is -1.98. The van der Waals surface area contributed by atoms with Gasteiger partial charge >= 0.3 is 0 Å². The molecule has 3 rings (SSSR count). The first-order valence-electron chi connectivity index (χ1n) is 37.4. The van der Waals surface area contributed by atoms with Crippen molar-refractivity contribution in [1.82, 2.24) is 5.32 Å². The standard InChI is InChI=1S/C74H135NO18/c1-3-5-7-9-11-13-15-17-19-21-23-25-27-28-30-32-34-36-38-40-42-44-46-48-50-52-62(80)75-57(58(79)51-49-47-45-43-41-39-37-35-33-31-29-26-24-22-20-18-16-14-12-10-8-6-4-2)56-88-72-68(86)65(83)70(60(54-77)90-72)93-74-69(87)66(84)71(61(55-78)91-74)92-73-67(85)64(82)63(81)59(53-76)89-73/h15,17,21,23,27-28,49,51,57-61,63-74,76-79,81-87H,3-14,16,18-20,22,24-26,29-48,50,52-56H2,1-2H3,(H,75,80)/b17-15-,23-21-,28-27-,51-49+. The number of aliphatic hydroxyl groups is 11. The van der Waals surface area contributed by atoms with E-state index in [1.165, 1.54) is 186 Å². The van der Waals surface area contributed by atoms with Gasteiger partial charge in [-0.15, -0.1) is 0 Å². The summed E-state index contributed by atoms with van der Waals surface area (Å²) in [5, 5.41) is 121. The normalized spacial score (nSPS) is 27.8. The highest BCUT2D eigenvalue weighted by molar-refractivity contribution is 5.76. The molecule has 0 bridgehead atoms. The third-order valence-corrected chi connectivity index (χ3v) is 18.6. The highest BCUT2D eigenvalue weighted by atomic mass is 16.8. The molecule has 12 N–H and O–H groups in total. The van der Waals surface area contributed by atoms with Gasteiger partial charge in [0.25, 0.3) is 0 Å². The first-order valence-corrected chi connectivity index (χ1v) is 37.4. The van der Waals surface area contributed by atoms with Gasteiger partial charge in [0.15, 0.2) is 18.9 Å². The van der Waals surface area contributed by atoms with Crippen LogP contribution in [0, 0.1) is 0 Å². The molecule has 3 heterocycles. The van der Waals surface area contributed by atoms with Crippen molar-refractivity contribution in [1.29, 1.82) is 0 Å². The summed E-state index contributed by atoms with van der Waals surface area (Å²) in [6.07, 6.45) is 40.8. The van der Waals surface area contributed by atoms with Crippen molar-refractivity contribution < 1.29 is 89.4 Å². The van der Waals surface area contributed by atoms with Crippen molar-refractivity contribution in [3.63, 3.8) is 0 Å². The van der Waals surface area contributed by atoms with Crippen LogP contribution in [0.15, 0.2) is 48.6 Å². The van der Waals surface area contributed by atoms with E-state index in [1.54, 1.807) is 6.08 Å². The van der Waals surface area contributed by atoms with Gasteiger partial charge < -0.3 is 89.9 Å². The van der Waals surface area contributed by atoms with E-state index in [0.29, 0.717) is 6.42 Å². The second-order valence-electron chi connectivity index (χ2n) is 26.8. The number of carbonyl (C=O) groups excluding carboxylic acids is 1. The number of nitrogens with one attached hydrogen (secondary N) is 1.